The molecule has 19 heavy (non-hydrogen) atoms. The van der Waals surface area contributed by atoms with Crippen molar-refractivity contribution < 1.29 is 14.4 Å². The molecule has 96 valence electrons. The van der Waals surface area contributed by atoms with Gasteiger partial charge >= 0.3 is 5.69 Å². The highest BCUT2D eigenvalue weighted by atomic mass is 19.1. The largest absolute Gasteiger partial charge is 0.507 e. The molecule has 6 heteroatoms. The summed E-state index contributed by atoms with van der Waals surface area (Å²) in [5.74, 6) is -0.866. The van der Waals surface area contributed by atoms with Crippen LogP contribution >= 0.6 is 0 Å². The zero-order valence-corrected chi connectivity index (χ0v) is 9.65. The van der Waals surface area contributed by atoms with Gasteiger partial charge in [0.2, 0.25) is 5.82 Å². The number of halogens is 1. The topological polar surface area (TPSA) is 75.7 Å². The molecule has 0 spiro atoms. The van der Waals surface area contributed by atoms with Gasteiger partial charge in [0.25, 0.3) is 0 Å². The second-order valence-corrected chi connectivity index (χ2v) is 3.71. The number of phenolic OH excluding ortho intramolecular Hbond substituents is 1. The van der Waals surface area contributed by atoms with Crippen LogP contribution in [0.1, 0.15) is 5.56 Å². The summed E-state index contributed by atoms with van der Waals surface area (Å²) in [5.41, 5.74) is 0.0674. The summed E-state index contributed by atoms with van der Waals surface area (Å²) in [6, 6.07) is 9.84. The first-order chi connectivity index (χ1) is 9.08. The van der Waals surface area contributed by atoms with Crippen LogP contribution in [0.25, 0.3) is 0 Å². The van der Waals surface area contributed by atoms with E-state index in [-0.39, 0.29) is 11.4 Å². The number of nitro benzene ring substituents is 1. The third kappa shape index (κ3) is 2.92. The van der Waals surface area contributed by atoms with Crippen molar-refractivity contribution in [3.63, 3.8) is 0 Å². The van der Waals surface area contributed by atoms with Crippen LogP contribution in [0, 0.1) is 15.9 Å². The third-order valence-corrected chi connectivity index (χ3v) is 2.42. The summed E-state index contributed by atoms with van der Waals surface area (Å²) in [4.78, 5) is 13.7. The standard InChI is InChI=1S/C13H9FN2O3/c14-11-6-5-10(7-12(11)16(18)19)15-8-9-3-1-2-4-13(9)17/h1-8,17H. The third-order valence-electron chi connectivity index (χ3n) is 2.42. The van der Waals surface area contributed by atoms with Gasteiger partial charge in [-0.25, -0.2) is 0 Å². The molecular weight excluding hydrogens is 251 g/mol. The molecule has 0 atom stereocenters. The van der Waals surface area contributed by atoms with Gasteiger partial charge in [-0.3, -0.25) is 15.1 Å². The van der Waals surface area contributed by atoms with Gasteiger partial charge in [-0.2, -0.15) is 4.39 Å². The molecule has 2 rings (SSSR count). The summed E-state index contributed by atoms with van der Waals surface area (Å²) in [6.45, 7) is 0. The Morgan fingerprint density at radius 1 is 1.26 bits per heavy atom. The number of para-hydroxylation sites is 1. The Balaban J connectivity index is 2.32. The molecule has 0 aliphatic carbocycles. The normalized spacial score (nSPS) is 10.8. The highest BCUT2D eigenvalue weighted by molar-refractivity contribution is 5.85. The molecule has 0 aliphatic heterocycles. The Morgan fingerprint density at radius 3 is 2.68 bits per heavy atom. The lowest BCUT2D eigenvalue weighted by molar-refractivity contribution is -0.387. The van der Waals surface area contributed by atoms with Crippen molar-refractivity contribution in [2.75, 3.05) is 0 Å². The first kappa shape index (κ1) is 12.7. The van der Waals surface area contributed by atoms with Gasteiger partial charge < -0.3 is 5.11 Å². The quantitative estimate of drug-likeness (QED) is 0.523. The van der Waals surface area contributed by atoms with Gasteiger partial charge in [-0.1, -0.05) is 12.1 Å². The predicted molar refractivity (Wildman–Crippen MR) is 68.4 cm³/mol. The minimum Gasteiger partial charge on any atom is -0.507 e. The number of benzene rings is 2. The van der Waals surface area contributed by atoms with E-state index in [1.54, 1.807) is 18.2 Å². The van der Waals surface area contributed by atoms with Gasteiger partial charge in [0.15, 0.2) is 0 Å². The Bertz CT molecular complexity index is 656. The van der Waals surface area contributed by atoms with Gasteiger partial charge in [-0.05, 0) is 24.3 Å². The van der Waals surface area contributed by atoms with E-state index in [0.29, 0.717) is 5.56 Å². The molecule has 0 radical (unpaired) electrons. The van der Waals surface area contributed by atoms with Crippen molar-refractivity contribution in [3.8, 4) is 5.75 Å². The van der Waals surface area contributed by atoms with E-state index in [2.05, 4.69) is 4.99 Å². The van der Waals surface area contributed by atoms with Gasteiger partial charge in [0.05, 0.1) is 10.6 Å². The Morgan fingerprint density at radius 2 is 2.00 bits per heavy atom. The van der Waals surface area contributed by atoms with Crippen LogP contribution in [-0.4, -0.2) is 16.2 Å². The molecule has 1 N–H and O–H groups in total. The summed E-state index contributed by atoms with van der Waals surface area (Å²) in [5, 5.41) is 20.1. The van der Waals surface area contributed by atoms with Gasteiger partial charge in [0, 0.05) is 17.8 Å². The predicted octanol–water partition coefficient (Wildman–Crippen LogP) is 3.19. The zero-order chi connectivity index (χ0) is 13.8. The Hall–Kier alpha value is -2.76. The van der Waals surface area contributed by atoms with Crippen LogP contribution in [-0.2, 0) is 0 Å². The monoisotopic (exact) mass is 260 g/mol. The van der Waals surface area contributed by atoms with Crippen molar-refractivity contribution in [3.05, 3.63) is 64.0 Å². The van der Waals surface area contributed by atoms with E-state index >= 15 is 0 Å². The number of phenols is 1. The number of aliphatic imine (C=N–C) groups is 1. The Kier molecular flexibility index (Phi) is 3.51. The van der Waals surface area contributed by atoms with Crippen LogP contribution < -0.4 is 0 Å². The van der Waals surface area contributed by atoms with Gasteiger partial charge in [0.1, 0.15) is 5.75 Å². The summed E-state index contributed by atoms with van der Waals surface area (Å²) in [6.07, 6.45) is 1.35. The fraction of sp³-hybridized carbons (Fsp3) is 0. The second-order valence-electron chi connectivity index (χ2n) is 3.71. The molecule has 2 aromatic carbocycles. The van der Waals surface area contributed by atoms with Crippen LogP contribution in [0.5, 0.6) is 5.75 Å². The zero-order valence-electron chi connectivity index (χ0n) is 9.65. The fourth-order valence-corrected chi connectivity index (χ4v) is 1.46. The lowest BCUT2D eigenvalue weighted by Gasteiger charge is -1.98. The number of nitro groups is 1. The summed E-state index contributed by atoms with van der Waals surface area (Å²) < 4.78 is 13.1. The molecular formula is C13H9FN2O3. The van der Waals surface area contributed by atoms with E-state index in [4.69, 9.17) is 0 Å². The lowest BCUT2D eigenvalue weighted by Crippen LogP contribution is -1.91. The smallest absolute Gasteiger partial charge is 0.306 e. The number of hydrogen-bond donors (Lipinski definition) is 1. The van der Waals surface area contributed by atoms with Crippen LogP contribution in [0.4, 0.5) is 15.8 Å². The molecule has 0 bridgehead atoms. The van der Waals surface area contributed by atoms with Crippen LogP contribution in [0.15, 0.2) is 47.5 Å². The molecule has 0 aliphatic rings. The van der Waals surface area contributed by atoms with Crippen molar-refractivity contribution in [2.24, 2.45) is 4.99 Å². The molecule has 0 amide bonds. The molecule has 0 heterocycles. The van der Waals surface area contributed by atoms with Crippen LogP contribution in [0.2, 0.25) is 0 Å². The lowest BCUT2D eigenvalue weighted by atomic mass is 10.2. The molecule has 0 saturated carbocycles. The fourth-order valence-electron chi connectivity index (χ4n) is 1.46. The minimum atomic E-state index is -0.911. The molecule has 2 aromatic rings. The SMILES string of the molecule is O=[N+]([O-])c1cc(N=Cc2ccccc2O)ccc1F. The maximum absolute atomic E-state index is 13.1. The molecule has 0 aromatic heterocycles. The average molecular weight is 260 g/mol. The molecule has 0 fully saturated rings. The maximum Gasteiger partial charge on any atom is 0.306 e. The first-order valence-electron chi connectivity index (χ1n) is 5.34. The number of hydrogen-bond acceptors (Lipinski definition) is 4. The first-order valence-corrected chi connectivity index (χ1v) is 5.34. The highest BCUT2D eigenvalue weighted by Crippen LogP contribution is 2.24. The summed E-state index contributed by atoms with van der Waals surface area (Å²) in [7, 11) is 0. The molecule has 0 saturated heterocycles. The van der Waals surface area contributed by atoms with Crippen molar-refractivity contribution >= 4 is 17.6 Å². The second kappa shape index (κ2) is 5.26. The minimum absolute atomic E-state index is 0.0443. The van der Waals surface area contributed by atoms with E-state index in [9.17, 15) is 19.6 Å². The maximum atomic E-state index is 13.1. The average Bonchev–Trinajstić information content (AvgIpc) is 2.39. The van der Waals surface area contributed by atoms with E-state index in [0.717, 1.165) is 12.1 Å². The van der Waals surface area contributed by atoms with Crippen molar-refractivity contribution in [1.82, 2.24) is 0 Å². The number of nitrogens with zero attached hydrogens (tertiary/aromatic N) is 2. The summed E-state index contributed by atoms with van der Waals surface area (Å²) >= 11 is 0. The number of aromatic hydroxyl groups is 1. The number of rotatable bonds is 3. The van der Waals surface area contributed by atoms with Crippen molar-refractivity contribution in [2.45, 2.75) is 0 Å². The van der Waals surface area contributed by atoms with E-state index < -0.39 is 16.4 Å². The molecule has 0 unspecified atom stereocenters. The van der Waals surface area contributed by atoms with E-state index in [1.807, 2.05) is 0 Å². The molecule has 5 nitrogen and oxygen atoms in total. The Labute approximate surface area is 107 Å². The van der Waals surface area contributed by atoms with E-state index in [1.165, 1.54) is 18.3 Å². The van der Waals surface area contributed by atoms with Crippen LogP contribution in [0.3, 0.4) is 0 Å². The van der Waals surface area contributed by atoms with Crippen molar-refractivity contribution in [1.29, 1.82) is 0 Å². The van der Waals surface area contributed by atoms with Gasteiger partial charge in [-0.15, -0.1) is 0 Å². The highest BCUT2D eigenvalue weighted by Gasteiger charge is 2.13.